The van der Waals surface area contributed by atoms with Gasteiger partial charge in [0.25, 0.3) is 11.5 Å². The first-order valence-corrected chi connectivity index (χ1v) is 10.7. The quantitative estimate of drug-likeness (QED) is 0.564. The third-order valence-electron chi connectivity index (χ3n) is 5.85. The van der Waals surface area contributed by atoms with Crippen molar-refractivity contribution in [2.75, 3.05) is 0 Å². The van der Waals surface area contributed by atoms with Crippen LogP contribution in [0.3, 0.4) is 0 Å². The van der Waals surface area contributed by atoms with E-state index in [9.17, 15) is 22.8 Å². The van der Waals surface area contributed by atoms with E-state index in [1.54, 1.807) is 24.3 Å². The van der Waals surface area contributed by atoms with E-state index >= 15 is 0 Å². The summed E-state index contributed by atoms with van der Waals surface area (Å²) in [6.45, 7) is 2.06. The Bertz CT molecular complexity index is 1210. The molecule has 2 aromatic carbocycles. The number of carbonyl (C=O) groups excluding carboxylic acids is 1. The number of pyridine rings is 1. The number of alkyl halides is 3. The number of halogens is 3. The highest BCUT2D eigenvalue weighted by Crippen LogP contribution is 2.27. The number of fused-ring (bicyclic) bond motifs is 1. The predicted molar refractivity (Wildman–Crippen MR) is 118 cm³/mol. The molecule has 0 aliphatic heterocycles. The van der Waals surface area contributed by atoms with Crippen molar-refractivity contribution >= 4 is 5.91 Å². The van der Waals surface area contributed by atoms with Gasteiger partial charge in [0.2, 0.25) is 0 Å². The average Bonchev–Trinajstić information content (AvgIpc) is 2.78. The van der Waals surface area contributed by atoms with E-state index in [4.69, 9.17) is 0 Å². The zero-order valence-corrected chi connectivity index (χ0v) is 18.0. The van der Waals surface area contributed by atoms with Gasteiger partial charge in [-0.1, -0.05) is 24.3 Å². The van der Waals surface area contributed by atoms with Gasteiger partial charge in [0, 0.05) is 23.4 Å². The molecule has 1 aliphatic carbocycles. The van der Waals surface area contributed by atoms with Crippen LogP contribution < -0.4 is 15.6 Å². The number of nitrogens with one attached hydrogen (secondary N) is 2. The van der Waals surface area contributed by atoms with Crippen molar-refractivity contribution in [1.82, 2.24) is 10.3 Å². The summed E-state index contributed by atoms with van der Waals surface area (Å²) in [5, 5.41) is 2.83. The molecule has 1 heterocycles. The molecule has 8 heteroatoms. The van der Waals surface area contributed by atoms with Crippen LogP contribution in [0.15, 0.2) is 53.3 Å². The summed E-state index contributed by atoms with van der Waals surface area (Å²) in [5.41, 5.74) is 5.44. The molecule has 0 saturated carbocycles. The summed E-state index contributed by atoms with van der Waals surface area (Å²) in [6, 6.07) is 12.2. The molecule has 172 valence electrons. The lowest BCUT2D eigenvalue weighted by molar-refractivity contribution is -0.274. The number of hydrogen-bond donors (Lipinski definition) is 2. The van der Waals surface area contributed by atoms with Gasteiger partial charge in [0.15, 0.2) is 0 Å². The van der Waals surface area contributed by atoms with Gasteiger partial charge in [-0.05, 0) is 79.1 Å². The zero-order valence-electron chi connectivity index (χ0n) is 18.0. The minimum Gasteiger partial charge on any atom is -0.406 e. The predicted octanol–water partition coefficient (Wildman–Crippen LogP) is 5.06. The Balaban J connectivity index is 1.44. The maximum Gasteiger partial charge on any atom is 0.573 e. The number of aryl methyl sites for hydroxylation is 1. The van der Waals surface area contributed by atoms with E-state index < -0.39 is 6.36 Å². The number of hydrogen-bond acceptors (Lipinski definition) is 3. The van der Waals surface area contributed by atoms with Crippen LogP contribution in [0.25, 0.3) is 11.1 Å². The first-order valence-electron chi connectivity index (χ1n) is 10.7. The SMILES string of the molecule is Cc1[nH]c(=O)c(CNC(=O)c2ccc(-c3ccc(OC(F)(F)F)cc3)cc2)c2c1CCCC2. The second-order valence-electron chi connectivity index (χ2n) is 8.05. The minimum atomic E-state index is -4.74. The normalized spacial score (nSPS) is 13.3. The van der Waals surface area contributed by atoms with Crippen molar-refractivity contribution in [2.24, 2.45) is 0 Å². The summed E-state index contributed by atoms with van der Waals surface area (Å²) < 4.78 is 40.8. The number of aromatic nitrogens is 1. The lowest BCUT2D eigenvalue weighted by Gasteiger charge is -2.21. The first kappa shape index (κ1) is 22.6. The van der Waals surface area contributed by atoms with Crippen LogP contribution >= 0.6 is 0 Å². The molecule has 0 radical (unpaired) electrons. The molecule has 0 unspecified atom stereocenters. The van der Waals surface area contributed by atoms with E-state index in [-0.39, 0.29) is 23.8 Å². The van der Waals surface area contributed by atoms with Crippen molar-refractivity contribution < 1.29 is 22.7 Å². The van der Waals surface area contributed by atoms with Crippen LogP contribution in [-0.2, 0) is 19.4 Å². The standard InChI is InChI=1S/C25H23F3N2O3/c1-15-20-4-2-3-5-21(20)22(24(32)30-15)14-29-23(31)18-8-6-16(7-9-18)17-10-12-19(13-11-17)33-25(26,27)28/h6-13H,2-5,14H2,1H3,(H,29,31)(H,30,32). The van der Waals surface area contributed by atoms with Crippen LogP contribution in [-0.4, -0.2) is 17.3 Å². The fraction of sp³-hybridized carbons (Fsp3) is 0.280. The summed E-state index contributed by atoms with van der Waals surface area (Å²) in [5.74, 6) is -0.601. The van der Waals surface area contributed by atoms with Gasteiger partial charge in [-0.2, -0.15) is 0 Å². The van der Waals surface area contributed by atoms with Crippen molar-refractivity contribution in [3.63, 3.8) is 0 Å². The third kappa shape index (κ3) is 5.27. The highest BCUT2D eigenvalue weighted by atomic mass is 19.4. The molecule has 1 aromatic heterocycles. The number of carbonyl (C=O) groups is 1. The van der Waals surface area contributed by atoms with E-state index in [1.807, 2.05) is 6.92 Å². The second-order valence-corrected chi connectivity index (χ2v) is 8.05. The van der Waals surface area contributed by atoms with Crippen molar-refractivity contribution in [3.8, 4) is 16.9 Å². The average molecular weight is 456 g/mol. The number of ether oxygens (including phenoxy) is 1. The summed E-state index contributed by atoms with van der Waals surface area (Å²) in [4.78, 5) is 28.0. The number of amides is 1. The van der Waals surface area contributed by atoms with Crippen LogP contribution in [0, 0.1) is 6.92 Å². The topological polar surface area (TPSA) is 71.2 Å². The maximum absolute atomic E-state index is 12.6. The molecular weight excluding hydrogens is 433 g/mol. The van der Waals surface area contributed by atoms with Gasteiger partial charge < -0.3 is 15.0 Å². The molecular formula is C25H23F3N2O3. The highest BCUT2D eigenvalue weighted by Gasteiger charge is 2.31. The molecule has 5 nitrogen and oxygen atoms in total. The lowest BCUT2D eigenvalue weighted by atomic mass is 9.88. The number of benzene rings is 2. The highest BCUT2D eigenvalue weighted by molar-refractivity contribution is 5.94. The lowest BCUT2D eigenvalue weighted by Crippen LogP contribution is -2.30. The Labute approximate surface area is 188 Å². The van der Waals surface area contributed by atoms with Crippen LogP contribution in [0.2, 0.25) is 0 Å². The van der Waals surface area contributed by atoms with Crippen molar-refractivity contribution in [2.45, 2.75) is 45.5 Å². The second kappa shape index (κ2) is 9.13. The Morgan fingerprint density at radius 1 is 0.970 bits per heavy atom. The van der Waals surface area contributed by atoms with Gasteiger partial charge in [0.1, 0.15) is 5.75 Å². The van der Waals surface area contributed by atoms with Gasteiger partial charge in [-0.3, -0.25) is 9.59 Å². The summed E-state index contributed by atoms with van der Waals surface area (Å²) in [6.07, 6.45) is -0.840. The Morgan fingerprint density at radius 3 is 2.15 bits per heavy atom. The number of aromatic amines is 1. The number of H-pyrrole nitrogens is 1. The monoisotopic (exact) mass is 456 g/mol. The molecule has 3 aromatic rings. The molecule has 0 saturated heterocycles. The Hall–Kier alpha value is -3.55. The van der Waals surface area contributed by atoms with Gasteiger partial charge in [0.05, 0.1) is 0 Å². The molecule has 0 atom stereocenters. The maximum atomic E-state index is 12.6. The molecule has 0 fully saturated rings. The van der Waals surface area contributed by atoms with Crippen molar-refractivity contribution in [1.29, 1.82) is 0 Å². The fourth-order valence-electron chi connectivity index (χ4n) is 4.23. The van der Waals surface area contributed by atoms with Crippen LogP contribution in [0.1, 0.15) is 45.6 Å². The first-order chi connectivity index (χ1) is 15.7. The molecule has 33 heavy (non-hydrogen) atoms. The molecule has 2 N–H and O–H groups in total. The summed E-state index contributed by atoms with van der Waals surface area (Å²) in [7, 11) is 0. The Kier molecular flexibility index (Phi) is 6.26. The van der Waals surface area contributed by atoms with E-state index in [2.05, 4.69) is 15.0 Å². The van der Waals surface area contributed by atoms with Gasteiger partial charge >= 0.3 is 6.36 Å². The molecule has 0 spiro atoms. The Morgan fingerprint density at radius 2 is 1.55 bits per heavy atom. The van der Waals surface area contributed by atoms with Crippen LogP contribution in [0.5, 0.6) is 5.75 Å². The smallest absolute Gasteiger partial charge is 0.406 e. The molecule has 1 aliphatic rings. The van der Waals surface area contributed by atoms with Gasteiger partial charge in [-0.15, -0.1) is 13.2 Å². The zero-order chi connectivity index (χ0) is 23.6. The van der Waals surface area contributed by atoms with Gasteiger partial charge in [-0.25, -0.2) is 0 Å². The fourth-order valence-corrected chi connectivity index (χ4v) is 4.23. The van der Waals surface area contributed by atoms with E-state index in [0.717, 1.165) is 42.5 Å². The van der Waals surface area contributed by atoms with Crippen LogP contribution in [0.4, 0.5) is 13.2 Å². The molecule has 0 bridgehead atoms. The minimum absolute atomic E-state index is 0.152. The van der Waals surface area contributed by atoms with E-state index in [0.29, 0.717) is 16.7 Å². The van der Waals surface area contributed by atoms with Crippen molar-refractivity contribution in [3.05, 3.63) is 86.8 Å². The summed E-state index contributed by atoms with van der Waals surface area (Å²) >= 11 is 0. The number of rotatable bonds is 5. The molecule has 1 amide bonds. The largest absolute Gasteiger partial charge is 0.573 e. The molecule has 4 rings (SSSR count). The van der Waals surface area contributed by atoms with E-state index in [1.165, 1.54) is 29.8 Å². The third-order valence-corrected chi connectivity index (χ3v) is 5.85.